The summed E-state index contributed by atoms with van der Waals surface area (Å²) >= 11 is 0. The number of aromatic nitrogens is 2. The maximum Gasteiger partial charge on any atom is 0.133 e. The summed E-state index contributed by atoms with van der Waals surface area (Å²) in [5.74, 6) is 2.07. The third kappa shape index (κ3) is 3.32. The Kier molecular flexibility index (Phi) is 5.14. The van der Waals surface area contributed by atoms with E-state index in [1.165, 1.54) is 0 Å². The Labute approximate surface area is 126 Å². The van der Waals surface area contributed by atoms with Gasteiger partial charge in [-0.2, -0.15) is 0 Å². The van der Waals surface area contributed by atoms with E-state index in [-0.39, 0.29) is 0 Å². The zero-order valence-corrected chi connectivity index (χ0v) is 13.2. The molecule has 1 aromatic carbocycles. The molecule has 4 heteroatoms. The molecule has 1 aromatic heterocycles. The van der Waals surface area contributed by atoms with E-state index in [1.807, 2.05) is 25.2 Å². The standard InChI is InChI=1S/C17H23N3O/c1-5-10-21-14-9-7-6-8-13(14)16-15(12(2)3)17(18-4)20-11-19-16/h6-9,11-12H,5,10H2,1-4H3,(H,18,19,20). The van der Waals surface area contributed by atoms with Crippen LogP contribution in [-0.2, 0) is 0 Å². The normalized spacial score (nSPS) is 10.7. The van der Waals surface area contributed by atoms with E-state index in [4.69, 9.17) is 4.74 Å². The van der Waals surface area contributed by atoms with Gasteiger partial charge >= 0.3 is 0 Å². The molecule has 0 aliphatic rings. The molecule has 0 unspecified atom stereocenters. The number of nitrogens with one attached hydrogen (secondary N) is 1. The Morgan fingerprint density at radius 1 is 1.19 bits per heavy atom. The van der Waals surface area contributed by atoms with Gasteiger partial charge in [0, 0.05) is 18.2 Å². The highest BCUT2D eigenvalue weighted by atomic mass is 16.5. The van der Waals surface area contributed by atoms with Gasteiger partial charge in [-0.15, -0.1) is 0 Å². The van der Waals surface area contributed by atoms with Gasteiger partial charge in [0.25, 0.3) is 0 Å². The largest absolute Gasteiger partial charge is 0.493 e. The van der Waals surface area contributed by atoms with Gasteiger partial charge in [-0.1, -0.05) is 32.9 Å². The van der Waals surface area contributed by atoms with Crippen molar-refractivity contribution in [2.24, 2.45) is 0 Å². The lowest BCUT2D eigenvalue weighted by Gasteiger charge is -2.17. The molecule has 0 aliphatic carbocycles. The molecule has 2 rings (SSSR count). The van der Waals surface area contributed by atoms with Crippen LogP contribution in [-0.4, -0.2) is 23.6 Å². The van der Waals surface area contributed by atoms with Crippen molar-refractivity contribution in [1.82, 2.24) is 9.97 Å². The van der Waals surface area contributed by atoms with E-state index in [1.54, 1.807) is 6.33 Å². The van der Waals surface area contributed by atoms with Gasteiger partial charge in [0.15, 0.2) is 0 Å². The first-order valence-corrected chi connectivity index (χ1v) is 7.43. The number of nitrogens with zero attached hydrogens (tertiary/aromatic N) is 2. The van der Waals surface area contributed by atoms with E-state index in [9.17, 15) is 0 Å². The highest BCUT2D eigenvalue weighted by molar-refractivity contribution is 5.74. The first kappa shape index (κ1) is 15.3. The summed E-state index contributed by atoms with van der Waals surface area (Å²) in [7, 11) is 1.89. The molecule has 0 bridgehead atoms. The Bertz CT molecular complexity index is 596. The zero-order chi connectivity index (χ0) is 15.2. The number of para-hydroxylation sites is 1. The number of hydrogen-bond acceptors (Lipinski definition) is 4. The fourth-order valence-electron chi connectivity index (χ4n) is 2.36. The molecule has 1 N–H and O–H groups in total. The lowest BCUT2D eigenvalue weighted by Crippen LogP contribution is -2.06. The average Bonchev–Trinajstić information content (AvgIpc) is 2.52. The second-order valence-corrected chi connectivity index (χ2v) is 5.23. The van der Waals surface area contributed by atoms with E-state index in [0.29, 0.717) is 12.5 Å². The van der Waals surface area contributed by atoms with Crippen LogP contribution in [0, 0.1) is 0 Å². The fraction of sp³-hybridized carbons (Fsp3) is 0.412. The van der Waals surface area contributed by atoms with Crippen LogP contribution in [0.4, 0.5) is 5.82 Å². The highest BCUT2D eigenvalue weighted by Gasteiger charge is 2.18. The van der Waals surface area contributed by atoms with Gasteiger partial charge < -0.3 is 10.1 Å². The molecule has 1 heterocycles. The van der Waals surface area contributed by atoms with Crippen LogP contribution in [0.1, 0.15) is 38.7 Å². The molecular weight excluding hydrogens is 262 g/mol. The molecule has 0 aliphatic heterocycles. The summed E-state index contributed by atoms with van der Waals surface area (Å²) in [6, 6.07) is 8.05. The number of benzene rings is 1. The van der Waals surface area contributed by atoms with Crippen molar-refractivity contribution in [3.63, 3.8) is 0 Å². The lowest BCUT2D eigenvalue weighted by atomic mass is 9.97. The van der Waals surface area contributed by atoms with Gasteiger partial charge in [0.2, 0.25) is 0 Å². The summed E-state index contributed by atoms with van der Waals surface area (Å²) in [4.78, 5) is 8.85. The van der Waals surface area contributed by atoms with Crippen LogP contribution in [0.3, 0.4) is 0 Å². The molecule has 2 aromatic rings. The summed E-state index contributed by atoms with van der Waals surface area (Å²) in [5, 5.41) is 3.16. The Balaban J connectivity index is 2.56. The van der Waals surface area contributed by atoms with Crippen molar-refractivity contribution >= 4 is 5.82 Å². The summed E-state index contributed by atoms with van der Waals surface area (Å²) in [6.07, 6.45) is 2.58. The molecule has 21 heavy (non-hydrogen) atoms. The van der Waals surface area contributed by atoms with Crippen LogP contribution >= 0.6 is 0 Å². The van der Waals surface area contributed by atoms with Crippen LogP contribution in [0.15, 0.2) is 30.6 Å². The van der Waals surface area contributed by atoms with E-state index >= 15 is 0 Å². The minimum Gasteiger partial charge on any atom is -0.493 e. The number of rotatable bonds is 6. The first-order valence-electron chi connectivity index (χ1n) is 7.43. The third-order valence-electron chi connectivity index (χ3n) is 3.30. The Hall–Kier alpha value is -2.10. The van der Waals surface area contributed by atoms with E-state index in [0.717, 1.165) is 34.8 Å². The van der Waals surface area contributed by atoms with Crippen LogP contribution in [0.5, 0.6) is 5.75 Å². The molecule has 112 valence electrons. The maximum absolute atomic E-state index is 5.87. The predicted octanol–water partition coefficient (Wildman–Crippen LogP) is 4.10. The number of anilines is 1. The molecule has 0 fully saturated rings. The smallest absolute Gasteiger partial charge is 0.133 e. The average molecular weight is 285 g/mol. The lowest BCUT2D eigenvalue weighted by molar-refractivity contribution is 0.318. The van der Waals surface area contributed by atoms with Gasteiger partial charge in [-0.25, -0.2) is 9.97 Å². The first-order chi connectivity index (χ1) is 10.2. The van der Waals surface area contributed by atoms with Crippen molar-refractivity contribution in [1.29, 1.82) is 0 Å². The maximum atomic E-state index is 5.87. The van der Waals surface area contributed by atoms with Crippen LogP contribution in [0.25, 0.3) is 11.3 Å². The molecular formula is C17H23N3O. The topological polar surface area (TPSA) is 47.0 Å². The number of hydrogen-bond donors (Lipinski definition) is 1. The Morgan fingerprint density at radius 2 is 1.95 bits per heavy atom. The monoisotopic (exact) mass is 285 g/mol. The van der Waals surface area contributed by atoms with Crippen molar-refractivity contribution < 1.29 is 4.74 Å². The molecule has 0 saturated heterocycles. The van der Waals surface area contributed by atoms with Crippen molar-refractivity contribution in [3.8, 4) is 17.0 Å². The minimum absolute atomic E-state index is 0.322. The predicted molar refractivity (Wildman–Crippen MR) is 86.9 cm³/mol. The van der Waals surface area contributed by atoms with Gasteiger partial charge in [-0.05, 0) is 24.5 Å². The van der Waals surface area contributed by atoms with E-state index in [2.05, 4.69) is 42.1 Å². The molecule has 0 saturated carbocycles. The van der Waals surface area contributed by atoms with Gasteiger partial charge in [-0.3, -0.25) is 0 Å². The molecule has 0 spiro atoms. The summed E-state index contributed by atoms with van der Waals surface area (Å²) in [6.45, 7) is 7.11. The van der Waals surface area contributed by atoms with Crippen molar-refractivity contribution in [2.75, 3.05) is 19.0 Å². The molecule has 0 atom stereocenters. The van der Waals surface area contributed by atoms with Crippen LogP contribution < -0.4 is 10.1 Å². The highest BCUT2D eigenvalue weighted by Crippen LogP contribution is 2.36. The molecule has 0 radical (unpaired) electrons. The zero-order valence-electron chi connectivity index (χ0n) is 13.2. The van der Waals surface area contributed by atoms with Gasteiger partial charge in [0.1, 0.15) is 17.9 Å². The second kappa shape index (κ2) is 7.07. The van der Waals surface area contributed by atoms with E-state index < -0.39 is 0 Å². The SMILES string of the molecule is CCCOc1ccccc1-c1ncnc(NC)c1C(C)C. The second-order valence-electron chi connectivity index (χ2n) is 5.23. The third-order valence-corrected chi connectivity index (χ3v) is 3.30. The van der Waals surface area contributed by atoms with Crippen molar-refractivity contribution in [3.05, 3.63) is 36.2 Å². The van der Waals surface area contributed by atoms with Gasteiger partial charge in [0.05, 0.1) is 12.3 Å². The van der Waals surface area contributed by atoms with Crippen molar-refractivity contribution in [2.45, 2.75) is 33.1 Å². The van der Waals surface area contributed by atoms with Crippen LogP contribution in [0.2, 0.25) is 0 Å². The fourth-order valence-corrected chi connectivity index (χ4v) is 2.36. The summed E-state index contributed by atoms with van der Waals surface area (Å²) in [5.41, 5.74) is 3.08. The number of ether oxygens (including phenoxy) is 1. The Morgan fingerprint density at radius 3 is 2.62 bits per heavy atom. The minimum atomic E-state index is 0.322. The quantitative estimate of drug-likeness (QED) is 0.868. The molecule has 4 nitrogen and oxygen atoms in total. The summed E-state index contributed by atoms with van der Waals surface area (Å²) < 4.78 is 5.87. The molecule has 0 amide bonds.